The fourth-order valence-electron chi connectivity index (χ4n) is 4.23. The van der Waals surface area contributed by atoms with Crippen molar-refractivity contribution in [3.63, 3.8) is 0 Å². The highest BCUT2D eigenvalue weighted by Crippen LogP contribution is 2.56. The van der Waals surface area contributed by atoms with E-state index in [-0.39, 0.29) is 0 Å². The lowest BCUT2D eigenvalue weighted by atomic mass is 9.94. The van der Waals surface area contributed by atoms with Crippen molar-refractivity contribution in [3.8, 4) is 0 Å². The van der Waals surface area contributed by atoms with Crippen LogP contribution in [0.3, 0.4) is 0 Å². The maximum Gasteiger partial charge on any atom is 0.0113 e. The van der Waals surface area contributed by atoms with Gasteiger partial charge in [-0.25, -0.2) is 0 Å². The summed E-state index contributed by atoms with van der Waals surface area (Å²) in [6.07, 6.45) is 6.84. The highest BCUT2D eigenvalue weighted by molar-refractivity contribution is 5.34. The Hall–Kier alpha value is -0.820. The number of nitrogens with two attached hydrogens (primary N) is 1. The van der Waals surface area contributed by atoms with Gasteiger partial charge in [-0.2, -0.15) is 0 Å². The lowest BCUT2D eigenvalue weighted by Gasteiger charge is -2.16. The Bertz CT molecular complexity index is 405. The first-order valence-corrected chi connectivity index (χ1v) is 7.49. The van der Waals surface area contributed by atoms with Gasteiger partial charge in [-0.1, -0.05) is 31.0 Å². The minimum Gasteiger partial charge on any atom is -0.327 e. The monoisotopic (exact) mass is 243 g/mol. The number of benzene rings is 1. The number of fused-ring (bicyclic) bond motifs is 1. The number of hydrogen-bond donors (Lipinski definition) is 1. The van der Waals surface area contributed by atoms with Gasteiger partial charge >= 0.3 is 0 Å². The van der Waals surface area contributed by atoms with Crippen molar-refractivity contribution < 1.29 is 0 Å². The molecule has 2 fully saturated rings. The van der Waals surface area contributed by atoms with Gasteiger partial charge in [0.2, 0.25) is 0 Å². The molecule has 0 spiro atoms. The first kappa shape index (κ1) is 12.2. The summed E-state index contributed by atoms with van der Waals surface area (Å²) in [6.45, 7) is 4.43. The number of rotatable bonds is 3. The average molecular weight is 243 g/mol. The Labute approximate surface area is 111 Å². The largest absolute Gasteiger partial charge is 0.327 e. The molecule has 0 amide bonds. The zero-order valence-electron chi connectivity index (χ0n) is 11.7. The summed E-state index contributed by atoms with van der Waals surface area (Å²) < 4.78 is 0. The van der Waals surface area contributed by atoms with Crippen molar-refractivity contribution in [1.82, 2.24) is 0 Å². The van der Waals surface area contributed by atoms with Crippen LogP contribution in [0.5, 0.6) is 0 Å². The van der Waals surface area contributed by atoms with Gasteiger partial charge in [0.05, 0.1) is 0 Å². The molecule has 0 aromatic heterocycles. The van der Waals surface area contributed by atoms with Crippen molar-refractivity contribution >= 4 is 0 Å². The minimum atomic E-state index is 0.387. The molecule has 0 bridgehead atoms. The molecule has 1 nitrogen and oxygen atoms in total. The summed E-state index contributed by atoms with van der Waals surface area (Å²) >= 11 is 0. The van der Waals surface area contributed by atoms with Gasteiger partial charge in [-0.15, -0.1) is 0 Å². The molecule has 98 valence electrons. The lowest BCUT2D eigenvalue weighted by molar-refractivity contribution is 0.480. The summed E-state index contributed by atoms with van der Waals surface area (Å²) in [6, 6.07) is 6.97. The molecule has 0 aliphatic heterocycles. The second-order valence-electron chi connectivity index (χ2n) is 6.43. The molecule has 2 N–H and O–H groups in total. The van der Waals surface area contributed by atoms with Gasteiger partial charge in [-0.3, -0.25) is 0 Å². The van der Waals surface area contributed by atoms with Crippen LogP contribution in [0.4, 0.5) is 0 Å². The zero-order valence-corrected chi connectivity index (χ0v) is 11.7. The topological polar surface area (TPSA) is 26.0 Å². The molecule has 0 heterocycles. The molecule has 2 aliphatic carbocycles. The van der Waals surface area contributed by atoms with Crippen LogP contribution < -0.4 is 5.73 Å². The number of hydrogen-bond acceptors (Lipinski definition) is 1. The lowest BCUT2D eigenvalue weighted by Crippen LogP contribution is -2.27. The van der Waals surface area contributed by atoms with E-state index in [4.69, 9.17) is 5.73 Å². The summed E-state index contributed by atoms with van der Waals surface area (Å²) in [5, 5.41) is 0. The Morgan fingerprint density at radius 2 is 1.67 bits per heavy atom. The molecule has 18 heavy (non-hydrogen) atoms. The van der Waals surface area contributed by atoms with Crippen molar-refractivity contribution in [2.75, 3.05) is 0 Å². The first-order chi connectivity index (χ1) is 8.68. The second kappa shape index (κ2) is 4.70. The van der Waals surface area contributed by atoms with Gasteiger partial charge < -0.3 is 5.73 Å². The highest BCUT2D eigenvalue weighted by atomic mass is 14.7. The van der Waals surface area contributed by atoms with Crippen LogP contribution in [0.15, 0.2) is 18.2 Å². The van der Waals surface area contributed by atoms with Crippen LogP contribution in [0.1, 0.15) is 42.4 Å². The summed E-state index contributed by atoms with van der Waals surface area (Å²) in [5.74, 6) is 2.77. The van der Waals surface area contributed by atoms with Gasteiger partial charge in [0.1, 0.15) is 0 Å². The van der Waals surface area contributed by atoms with Crippen molar-refractivity contribution in [3.05, 3.63) is 34.9 Å². The van der Waals surface area contributed by atoms with Gasteiger partial charge in [-0.05, 0) is 67.6 Å². The van der Waals surface area contributed by atoms with Crippen LogP contribution in [0.2, 0.25) is 0 Å². The van der Waals surface area contributed by atoms with E-state index >= 15 is 0 Å². The van der Waals surface area contributed by atoms with Gasteiger partial charge in [0, 0.05) is 6.04 Å². The van der Waals surface area contributed by atoms with E-state index in [9.17, 15) is 0 Å². The molecule has 2 aliphatic rings. The fourth-order valence-corrected chi connectivity index (χ4v) is 4.23. The standard InChI is InChI=1S/C17H25N/c1-11-6-5-7-12(2)15(11)10-16(18)17-13-8-3-4-9-14(13)17/h5-7,13-14,16-17H,3-4,8-10,18H2,1-2H3. The molecule has 1 aromatic carbocycles. The molecule has 3 atom stereocenters. The quantitative estimate of drug-likeness (QED) is 0.862. The third-order valence-corrected chi connectivity index (χ3v) is 5.30. The van der Waals surface area contributed by atoms with E-state index in [0.717, 1.165) is 24.2 Å². The smallest absolute Gasteiger partial charge is 0.0113 e. The predicted octanol–water partition coefficient (Wildman–Crippen LogP) is 3.61. The van der Waals surface area contributed by atoms with Crippen molar-refractivity contribution in [2.24, 2.45) is 23.5 Å². The Morgan fingerprint density at radius 1 is 1.11 bits per heavy atom. The molecule has 0 saturated heterocycles. The van der Waals surface area contributed by atoms with E-state index in [0.29, 0.717) is 6.04 Å². The van der Waals surface area contributed by atoms with E-state index in [2.05, 4.69) is 32.0 Å². The van der Waals surface area contributed by atoms with E-state index < -0.39 is 0 Å². The SMILES string of the molecule is Cc1cccc(C)c1CC(N)C1C2CCCCC21. The van der Waals surface area contributed by atoms with E-state index in [1.807, 2.05) is 0 Å². The van der Waals surface area contributed by atoms with Crippen LogP contribution in [0, 0.1) is 31.6 Å². The maximum absolute atomic E-state index is 6.51. The van der Waals surface area contributed by atoms with Gasteiger partial charge in [0.15, 0.2) is 0 Å². The normalized spacial score (nSPS) is 31.8. The molecule has 1 aromatic rings. The molecule has 2 saturated carbocycles. The summed E-state index contributed by atoms with van der Waals surface area (Å²) in [5.41, 5.74) is 10.8. The highest BCUT2D eigenvalue weighted by Gasteiger charge is 2.52. The first-order valence-electron chi connectivity index (χ1n) is 7.49. The molecule has 1 heteroatoms. The minimum absolute atomic E-state index is 0.387. The second-order valence-corrected chi connectivity index (χ2v) is 6.43. The molecule has 0 radical (unpaired) electrons. The number of aryl methyl sites for hydroxylation is 2. The fraction of sp³-hybridized carbons (Fsp3) is 0.647. The van der Waals surface area contributed by atoms with Crippen LogP contribution in [-0.2, 0) is 6.42 Å². The van der Waals surface area contributed by atoms with Crippen LogP contribution in [-0.4, -0.2) is 6.04 Å². The zero-order chi connectivity index (χ0) is 12.7. The van der Waals surface area contributed by atoms with Crippen molar-refractivity contribution in [1.29, 1.82) is 0 Å². The van der Waals surface area contributed by atoms with E-state index in [1.54, 1.807) is 0 Å². The maximum atomic E-state index is 6.51. The van der Waals surface area contributed by atoms with E-state index in [1.165, 1.54) is 42.4 Å². The molecular formula is C17H25N. The van der Waals surface area contributed by atoms with Crippen molar-refractivity contribution in [2.45, 2.75) is 52.0 Å². The molecular weight excluding hydrogens is 218 g/mol. The Balaban J connectivity index is 1.70. The van der Waals surface area contributed by atoms with Gasteiger partial charge in [0.25, 0.3) is 0 Å². The molecule has 3 rings (SSSR count). The predicted molar refractivity (Wildman–Crippen MR) is 76.5 cm³/mol. The third-order valence-electron chi connectivity index (χ3n) is 5.30. The molecule has 3 unspecified atom stereocenters. The van der Waals surface area contributed by atoms with Crippen LogP contribution in [0.25, 0.3) is 0 Å². The summed E-state index contributed by atoms with van der Waals surface area (Å²) in [4.78, 5) is 0. The average Bonchev–Trinajstić information content (AvgIpc) is 3.08. The summed E-state index contributed by atoms with van der Waals surface area (Å²) in [7, 11) is 0. The Morgan fingerprint density at radius 3 is 2.22 bits per heavy atom. The Kier molecular flexibility index (Phi) is 3.19. The van der Waals surface area contributed by atoms with Crippen LogP contribution >= 0.6 is 0 Å². The third kappa shape index (κ3) is 2.09.